The number of amides is 2. The number of hydrogen-bond acceptors (Lipinski definition) is 5. The van der Waals surface area contributed by atoms with E-state index in [0.717, 1.165) is 18.4 Å². The van der Waals surface area contributed by atoms with Crippen LogP contribution in [0, 0.1) is 0 Å². The number of carbonyl (C=O) groups is 3. The Balaban J connectivity index is 1.83. The van der Waals surface area contributed by atoms with Crippen LogP contribution >= 0.6 is 0 Å². The van der Waals surface area contributed by atoms with Gasteiger partial charge in [0.05, 0.1) is 13.5 Å². The lowest BCUT2D eigenvalue weighted by Crippen LogP contribution is -2.51. The Morgan fingerprint density at radius 3 is 2.54 bits per heavy atom. The normalized spacial score (nSPS) is 17.2. The van der Waals surface area contributed by atoms with Gasteiger partial charge in [-0.3, -0.25) is 14.4 Å². The second-order valence-corrected chi connectivity index (χ2v) is 5.69. The summed E-state index contributed by atoms with van der Waals surface area (Å²) in [6.07, 6.45) is 2.29. The quantitative estimate of drug-likeness (QED) is 0.770. The summed E-state index contributed by atoms with van der Waals surface area (Å²) in [5.41, 5.74) is 6.09. The summed E-state index contributed by atoms with van der Waals surface area (Å²) >= 11 is 0. The van der Waals surface area contributed by atoms with E-state index < -0.39 is 17.9 Å². The third-order valence-corrected chi connectivity index (χ3v) is 4.02. The number of esters is 1. The predicted molar refractivity (Wildman–Crippen MR) is 86.2 cm³/mol. The van der Waals surface area contributed by atoms with Crippen molar-refractivity contribution < 1.29 is 23.9 Å². The number of benzene rings is 1. The summed E-state index contributed by atoms with van der Waals surface area (Å²) in [6.45, 7) is 0.0846. The topological polar surface area (TPSA) is 98.9 Å². The van der Waals surface area contributed by atoms with E-state index in [9.17, 15) is 14.4 Å². The van der Waals surface area contributed by atoms with Crippen LogP contribution in [0.15, 0.2) is 24.3 Å². The molecule has 0 bridgehead atoms. The summed E-state index contributed by atoms with van der Waals surface area (Å²) < 4.78 is 10.1. The SMILES string of the molecule is COc1ccc(CC(=O)OCC(=O)N2CCCC[C@H]2C(N)=O)cc1. The molecule has 1 fully saturated rings. The number of primary amides is 1. The van der Waals surface area contributed by atoms with Crippen LogP contribution in [0.3, 0.4) is 0 Å². The minimum absolute atomic E-state index is 0.0660. The van der Waals surface area contributed by atoms with E-state index in [4.69, 9.17) is 15.2 Å². The van der Waals surface area contributed by atoms with Crippen LogP contribution in [0.1, 0.15) is 24.8 Å². The molecule has 0 aliphatic carbocycles. The molecular formula is C17H22N2O5. The van der Waals surface area contributed by atoms with Gasteiger partial charge in [0.15, 0.2) is 6.61 Å². The van der Waals surface area contributed by atoms with Gasteiger partial charge in [0.1, 0.15) is 11.8 Å². The maximum Gasteiger partial charge on any atom is 0.310 e. The number of piperidine rings is 1. The average molecular weight is 334 g/mol. The average Bonchev–Trinajstić information content (AvgIpc) is 2.60. The third-order valence-electron chi connectivity index (χ3n) is 4.02. The summed E-state index contributed by atoms with van der Waals surface area (Å²) in [5, 5.41) is 0. The molecule has 7 nitrogen and oxygen atoms in total. The highest BCUT2D eigenvalue weighted by atomic mass is 16.5. The van der Waals surface area contributed by atoms with Crippen LogP contribution in [0.25, 0.3) is 0 Å². The molecule has 2 amide bonds. The van der Waals surface area contributed by atoms with Crippen LogP contribution < -0.4 is 10.5 Å². The van der Waals surface area contributed by atoms with Gasteiger partial charge in [-0.05, 0) is 37.0 Å². The number of nitrogens with two attached hydrogens (primary N) is 1. The maximum absolute atomic E-state index is 12.2. The van der Waals surface area contributed by atoms with E-state index in [0.29, 0.717) is 18.7 Å². The van der Waals surface area contributed by atoms with Gasteiger partial charge < -0.3 is 20.1 Å². The third kappa shape index (κ3) is 4.71. The van der Waals surface area contributed by atoms with Gasteiger partial charge in [-0.1, -0.05) is 12.1 Å². The standard InChI is InChI=1S/C17H22N2O5/c1-23-13-7-5-12(6-8-13)10-16(21)24-11-15(20)19-9-3-2-4-14(19)17(18)22/h5-8,14H,2-4,9-11H2,1H3,(H2,18,22)/t14-/m0/s1. The molecule has 0 unspecified atom stereocenters. The zero-order chi connectivity index (χ0) is 17.5. The van der Waals surface area contributed by atoms with Crippen molar-refractivity contribution in [2.45, 2.75) is 31.7 Å². The highest BCUT2D eigenvalue weighted by Crippen LogP contribution is 2.17. The number of ether oxygens (including phenoxy) is 2. The van der Waals surface area contributed by atoms with Gasteiger partial charge in [-0.2, -0.15) is 0 Å². The van der Waals surface area contributed by atoms with E-state index in [2.05, 4.69) is 0 Å². The molecule has 0 aromatic heterocycles. The second-order valence-electron chi connectivity index (χ2n) is 5.69. The molecule has 1 heterocycles. The van der Waals surface area contributed by atoms with Gasteiger partial charge in [0.25, 0.3) is 5.91 Å². The van der Waals surface area contributed by atoms with Crippen LogP contribution in [0.4, 0.5) is 0 Å². The molecule has 1 saturated heterocycles. The fourth-order valence-electron chi connectivity index (χ4n) is 2.71. The molecule has 2 rings (SSSR count). The molecule has 1 aromatic rings. The van der Waals surface area contributed by atoms with Gasteiger partial charge >= 0.3 is 5.97 Å². The molecule has 24 heavy (non-hydrogen) atoms. The first kappa shape index (κ1) is 17.8. The molecule has 1 aromatic carbocycles. The highest BCUT2D eigenvalue weighted by molar-refractivity contribution is 5.88. The van der Waals surface area contributed by atoms with E-state index in [-0.39, 0.29) is 18.9 Å². The second kappa shape index (κ2) is 8.33. The Hall–Kier alpha value is -2.57. The highest BCUT2D eigenvalue weighted by Gasteiger charge is 2.30. The summed E-state index contributed by atoms with van der Waals surface area (Å²) in [7, 11) is 1.56. The number of hydrogen-bond donors (Lipinski definition) is 1. The van der Waals surface area contributed by atoms with E-state index in [1.54, 1.807) is 31.4 Å². The Morgan fingerprint density at radius 1 is 1.21 bits per heavy atom. The molecular weight excluding hydrogens is 312 g/mol. The number of nitrogens with zero attached hydrogens (tertiary/aromatic N) is 1. The number of rotatable bonds is 6. The number of likely N-dealkylation sites (tertiary alicyclic amines) is 1. The van der Waals surface area contributed by atoms with E-state index in [1.165, 1.54) is 4.90 Å². The van der Waals surface area contributed by atoms with Gasteiger partial charge in [0, 0.05) is 6.54 Å². The van der Waals surface area contributed by atoms with Crippen molar-refractivity contribution in [2.24, 2.45) is 5.73 Å². The van der Waals surface area contributed by atoms with Crippen molar-refractivity contribution in [3.63, 3.8) is 0 Å². The van der Waals surface area contributed by atoms with Crippen molar-refractivity contribution in [3.8, 4) is 5.75 Å². The van der Waals surface area contributed by atoms with Crippen molar-refractivity contribution in [1.29, 1.82) is 0 Å². The molecule has 0 spiro atoms. The van der Waals surface area contributed by atoms with Gasteiger partial charge in [0.2, 0.25) is 5.91 Å². The van der Waals surface area contributed by atoms with Crippen molar-refractivity contribution in [2.75, 3.05) is 20.3 Å². The first-order valence-corrected chi connectivity index (χ1v) is 7.88. The lowest BCUT2D eigenvalue weighted by atomic mass is 10.0. The molecule has 1 aliphatic heterocycles. The smallest absolute Gasteiger partial charge is 0.310 e. The molecule has 2 N–H and O–H groups in total. The Bertz CT molecular complexity index is 600. The first-order chi connectivity index (χ1) is 11.5. The fraction of sp³-hybridized carbons (Fsp3) is 0.471. The summed E-state index contributed by atoms with van der Waals surface area (Å²) in [6, 6.07) is 6.41. The zero-order valence-electron chi connectivity index (χ0n) is 13.7. The van der Waals surface area contributed by atoms with Gasteiger partial charge in [-0.15, -0.1) is 0 Å². The van der Waals surface area contributed by atoms with Crippen LogP contribution in [-0.2, 0) is 25.5 Å². The maximum atomic E-state index is 12.2. The van der Waals surface area contributed by atoms with E-state index >= 15 is 0 Å². The predicted octanol–water partition coefficient (Wildman–Crippen LogP) is 0.647. The molecule has 0 radical (unpaired) electrons. The van der Waals surface area contributed by atoms with Gasteiger partial charge in [-0.25, -0.2) is 0 Å². The number of carbonyl (C=O) groups excluding carboxylic acids is 3. The lowest BCUT2D eigenvalue weighted by Gasteiger charge is -2.33. The molecule has 0 saturated carbocycles. The molecule has 1 aliphatic rings. The fourth-order valence-corrected chi connectivity index (χ4v) is 2.71. The molecule has 7 heteroatoms. The minimum Gasteiger partial charge on any atom is -0.497 e. The van der Waals surface area contributed by atoms with E-state index in [1.807, 2.05) is 0 Å². The van der Waals surface area contributed by atoms with Crippen molar-refractivity contribution in [3.05, 3.63) is 29.8 Å². The van der Waals surface area contributed by atoms with Crippen molar-refractivity contribution in [1.82, 2.24) is 4.90 Å². The monoisotopic (exact) mass is 334 g/mol. The van der Waals surface area contributed by atoms with Crippen LogP contribution in [0.5, 0.6) is 5.75 Å². The van der Waals surface area contributed by atoms with Crippen molar-refractivity contribution >= 4 is 17.8 Å². The Labute approximate surface area is 140 Å². The molecule has 1 atom stereocenters. The Morgan fingerprint density at radius 2 is 1.92 bits per heavy atom. The minimum atomic E-state index is -0.605. The zero-order valence-corrected chi connectivity index (χ0v) is 13.7. The number of methoxy groups -OCH3 is 1. The first-order valence-electron chi connectivity index (χ1n) is 7.88. The lowest BCUT2D eigenvalue weighted by molar-refractivity contribution is -0.154. The Kier molecular flexibility index (Phi) is 6.17. The van der Waals surface area contributed by atoms with Crippen LogP contribution in [0.2, 0.25) is 0 Å². The summed E-state index contributed by atoms with van der Waals surface area (Å²) in [4.78, 5) is 36.9. The van der Waals surface area contributed by atoms with Crippen LogP contribution in [-0.4, -0.2) is 49.0 Å². The largest absolute Gasteiger partial charge is 0.497 e. The molecule has 130 valence electrons. The summed E-state index contributed by atoms with van der Waals surface area (Å²) in [5.74, 6) is -0.708.